The summed E-state index contributed by atoms with van der Waals surface area (Å²) in [6.07, 6.45) is 2.72. The van der Waals surface area contributed by atoms with E-state index in [1.807, 2.05) is 0 Å². The van der Waals surface area contributed by atoms with Gasteiger partial charge >= 0.3 is 0 Å². The molecule has 96 valence electrons. The first-order valence-corrected chi connectivity index (χ1v) is 6.53. The molecule has 1 aromatic rings. The molecular formula is C14H19N3O. The van der Waals surface area contributed by atoms with Crippen LogP contribution in [0.25, 0.3) is 0 Å². The van der Waals surface area contributed by atoms with Crippen molar-refractivity contribution in [1.29, 1.82) is 0 Å². The number of nitrogens with zero attached hydrogens (tertiary/aromatic N) is 1. The van der Waals surface area contributed by atoms with E-state index in [1.165, 1.54) is 11.1 Å². The lowest BCUT2D eigenvalue weighted by atomic mass is 9.96. The third-order valence-electron chi connectivity index (χ3n) is 3.63. The first kappa shape index (κ1) is 11.7. The summed E-state index contributed by atoms with van der Waals surface area (Å²) in [7, 11) is 0. The van der Waals surface area contributed by atoms with Crippen LogP contribution in [0.3, 0.4) is 0 Å². The Morgan fingerprint density at radius 1 is 1.22 bits per heavy atom. The van der Waals surface area contributed by atoms with Crippen molar-refractivity contribution in [2.24, 2.45) is 5.10 Å². The molecule has 1 unspecified atom stereocenters. The molecule has 4 heteroatoms. The van der Waals surface area contributed by atoms with Gasteiger partial charge in [0.15, 0.2) is 5.72 Å². The highest BCUT2D eigenvalue weighted by Crippen LogP contribution is 2.21. The van der Waals surface area contributed by atoms with Gasteiger partial charge in [-0.1, -0.05) is 12.1 Å². The van der Waals surface area contributed by atoms with Gasteiger partial charge in [-0.2, -0.15) is 5.10 Å². The Morgan fingerprint density at radius 2 is 2.00 bits per heavy atom. The molecule has 2 aliphatic heterocycles. The van der Waals surface area contributed by atoms with Crippen LogP contribution in [0.5, 0.6) is 0 Å². The average Bonchev–Trinajstić information content (AvgIpc) is 2.59. The van der Waals surface area contributed by atoms with E-state index in [2.05, 4.69) is 34.0 Å². The van der Waals surface area contributed by atoms with Crippen molar-refractivity contribution in [1.82, 2.24) is 10.7 Å². The molecule has 3 N–H and O–H groups in total. The monoisotopic (exact) mass is 245 g/mol. The second-order valence-electron chi connectivity index (χ2n) is 5.35. The summed E-state index contributed by atoms with van der Waals surface area (Å²) < 4.78 is 0. The van der Waals surface area contributed by atoms with E-state index >= 15 is 0 Å². The van der Waals surface area contributed by atoms with Crippen LogP contribution in [0.4, 0.5) is 0 Å². The van der Waals surface area contributed by atoms with Crippen LogP contribution in [0.15, 0.2) is 23.3 Å². The lowest BCUT2D eigenvalue weighted by Gasteiger charge is -2.14. The van der Waals surface area contributed by atoms with Gasteiger partial charge in [0.25, 0.3) is 0 Å². The smallest absolute Gasteiger partial charge is 0.153 e. The first-order chi connectivity index (χ1) is 8.64. The predicted molar refractivity (Wildman–Crippen MR) is 71.6 cm³/mol. The molecule has 0 aliphatic carbocycles. The fourth-order valence-corrected chi connectivity index (χ4v) is 2.61. The Kier molecular flexibility index (Phi) is 2.84. The number of aliphatic hydroxyl groups is 1. The van der Waals surface area contributed by atoms with Gasteiger partial charge in [0.2, 0.25) is 0 Å². The lowest BCUT2D eigenvalue weighted by Crippen LogP contribution is -2.34. The Balaban J connectivity index is 1.88. The van der Waals surface area contributed by atoms with E-state index in [-0.39, 0.29) is 0 Å². The van der Waals surface area contributed by atoms with Crippen LogP contribution < -0.4 is 10.7 Å². The number of nitrogens with one attached hydrogen (secondary N) is 2. The van der Waals surface area contributed by atoms with Crippen LogP contribution in [0.2, 0.25) is 0 Å². The molecule has 0 aromatic heterocycles. The zero-order chi connectivity index (χ0) is 12.6. The normalized spacial score (nSPS) is 27.1. The van der Waals surface area contributed by atoms with Crippen LogP contribution in [-0.2, 0) is 12.8 Å². The standard InChI is InChI=1S/C14H19N3O/c1-14(18)9-13(16-17-14)12-3-2-10-4-6-15-7-5-11(10)8-12/h2-3,8,15,17-18H,4-7,9H2,1H3. The molecule has 2 aliphatic rings. The van der Waals surface area contributed by atoms with E-state index < -0.39 is 5.72 Å². The van der Waals surface area contributed by atoms with E-state index in [0.717, 1.165) is 37.2 Å². The Labute approximate surface area is 107 Å². The summed E-state index contributed by atoms with van der Waals surface area (Å²) in [4.78, 5) is 0. The minimum Gasteiger partial charge on any atom is -0.370 e. The molecule has 1 atom stereocenters. The molecule has 0 bridgehead atoms. The maximum Gasteiger partial charge on any atom is 0.153 e. The summed E-state index contributed by atoms with van der Waals surface area (Å²) in [6.45, 7) is 3.85. The number of fused-ring (bicyclic) bond motifs is 1. The first-order valence-electron chi connectivity index (χ1n) is 6.53. The van der Waals surface area contributed by atoms with Gasteiger partial charge in [0.1, 0.15) is 0 Å². The van der Waals surface area contributed by atoms with E-state index in [9.17, 15) is 5.11 Å². The quantitative estimate of drug-likeness (QED) is 0.685. The fourth-order valence-electron chi connectivity index (χ4n) is 2.61. The zero-order valence-corrected chi connectivity index (χ0v) is 10.7. The highest BCUT2D eigenvalue weighted by atomic mass is 16.3. The fraction of sp³-hybridized carbons (Fsp3) is 0.500. The van der Waals surface area contributed by atoms with Crippen molar-refractivity contribution in [2.45, 2.75) is 31.9 Å². The minimum atomic E-state index is -0.899. The number of rotatable bonds is 1. The second-order valence-corrected chi connectivity index (χ2v) is 5.35. The predicted octanol–water partition coefficient (Wildman–Crippen LogP) is 0.781. The van der Waals surface area contributed by atoms with Crippen molar-refractivity contribution in [3.63, 3.8) is 0 Å². The second kappa shape index (κ2) is 4.37. The summed E-state index contributed by atoms with van der Waals surface area (Å²) in [5, 5.41) is 17.5. The number of benzene rings is 1. The molecule has 18 heavy (non-hydrogen) atoms. The van der Waals surface area contributed by atoms with E-state index in [0.29, 0.717) is 6.42 Å². The summed E-state index contributed by atoms with van der Waals surface area (Å²) in [5.74, 6) is 0. The molecule has 0 amide bonds. The van der Waals surface area contributed by atoms with Gasteiger partial charge in [-0.25, -0.2) is 0 Å². The summed E-state index contributed by atoms with van der Waals surface area (Å²) in [6, 6.07) is 6.55. The number of hydrogen-bond acceptors (Lipinski definition) is 4. The van der Waals surface area contributed by atoms with Gasteiger partial charge in [-0.3, -0.25) is 5.43 Å². The van der Waals surface area contributed by atoms with Crippen molar-refractivity contribution in [3.05, 3.63) is 34.9 Å². The van der Waals surface area contributed by atoms with Gasteiger partial charge < -0.3 is 10.4 Å². The van der Waals surface area contributed by atoms with Crippen LogP contribution in [-0.4, -0.2) is 29.6 Å². The van der Waals surface area contributed by atoms with Gasteiger partial charge in [0, 0.05) is 6.42 Å². The van der Waals surface area contributed by atoms with Crippen molar-refractivity contribution in [3.8, 4) is 0 Å². The van der Waals surface area contributed by atoms with Crippen molar-refractivity contribution in [2.75, 3.05) is 13.1 Å². The van der Waals surface area contributed by atoms with E-state index in [4.69, 9.17) is 0 Å². The maximum absolute atomic E-state index is 9.87. The molecule has 0 saturated carbocycles. The molecular weight excluding hydrogens is 226 g/mol. The SMILES string of the molecule is CC1(O)CC(c2ccc3c(c2)CCNCC3)=NN1. The summed E-state index contributed by atoms with van der Waals surface area (Å²) >= 11 is 0. The number of hydrogen-bond donors (Lipinski definition) is 3. The molecule has 2 heterocycles. The van der Waals surface area contributed by atoms with Crippen LogP contribution in [0.1, 0.15) is 30.0 Å². The van der Waals surface area contributed by atoms with Crippen LogP contribution >= 0.6 is 0 Å². The molecule has 4 nitrogen and oxygen atoms in total. The molecule has 0 spiro atoms. The average molecular weight is 245 g/mol. The Morgan fingerprint density at radius 3 is 2.72 bits per heavy atom. The van der Waals surface area contributed by atoms with Crippen LogP contribution in [0, 0.1) is 0 Å². The van der Waals surface area contributed by atoms with Gasteiger partial charge in [0.05, 0.1) is 5.71 Å². The summed E-state index contributed by atoms with van der Waals surface area (Å²) in [5.41, 5.74) is 6.78. The third kappa shape index (κ3) is 2.26. The molecule has 0 fully saturated rings. The van der Waals surface area contributed by atoms with Crippen molar-refractivity contribution >= 4 is 5.71 Å². The molecule has 3 rings (SSSR count). The van der Waals surface area contributed by atoms with E-state index in [1.54, 1.807) is 6.92 Å². The number of hydrazone groups is 1. The molecule has 1 aromatic carbocycles. The highest BCUT2D eigenvalue weighted by Gasteiger charge is 2.28. The maximum atomic E-state index is 9.87. The highest BCUT2D eigenvalue weighted by molar-refractivity contribution is 6.02. The van der Waals surface area contributed by atoms with Gasteiger partial charge in [-0.05, 0) is 55.6 Å². The molecule has 0 saturated heterocycles. The largest absolute Gasteiger partial charge is 0.370 e. The zero-order valence-electron chi connectivity index (χ0n) is 10.7. The topological polar surface area (TPSA) is 56.6 Å². The lowest BCUT2D eigenvalue weighted by molar-refractivity contribution is 0.0431. The third-order valence-corrected chi connectivity index (χ3v) is 3.63. The Bertz CT molecular complexity index is 494. The Hall–Kier alpha value is -1.39. The van der Waals surface area contributed by atoms with Gasteiger partial charge in [-0.15, -0.1) is 0 Å². The van der Waals surface area contributed by atoms with Crippen molar-refractivity contribution < 1.29 is 5.11 Å². The minimum absolute atomic E-state index is 0.560. The molecule has 0 radical (unpaired) electrons.